The maximum Gasteiger partial charge on any atom is 0.165 e. The fraction of sp³-hybridized carbons (Fsp3) is 0.214. The van der Waals surface area contributed by atoms with Crippen molar-refractivity contribution in [3.63, 3.8) is 0 Å². The first-order valence-corrected chi connectivity index (χ1v) is 6.40. The smallest absolute Gasteiger partial charge is 0.165 e. The molecule has 0 aliphatic carbocycles. The average Bonchev–Trinajstić information content (AvgIpc) is 3.06. The van der Waals surface area contributed by atoms with Crippen molar-refractivity contribution >= 4 is 5.69 Å². The van der Waals surface area contributed by atoms with Crippen LogP contribution >= 0.6 is 0 Å². The number of hydrogen-bond acceptors (Lipinski definition) is 4. The lowest BCUT2D eigenvalue weighted by Gasteiger charge is -2.11. The van der Waals surface area contributed by atoms with Crippen molar-refractivity contribution in [2.24, 2.45) is 14.1 Å². The summed E-state index contributed by atoms with van der Waals surface area (Å²) >= 11 is 0. The maximum absolute atomic E-state index is 4.17. The molecule has 1 N–H and O–H groups in total. The summed E-state index contributed by atoms with van der Waals surface area (Å²) in [5, 5.41) is 15.7. The van der Waals surface area contributed by atoms with E-state index >= 15 is 0 Å². The number of aromatic nitrogens is 5. The Labute approximate surface area is 117 Å². The van der Waals surface area contributed by atoms with Crippen molar-refractivity contribution in [1.29, 1.82) is 0 Å². The van der Waals surface area contributed by atoms with Gasteiger partial charge in [-0.1, -0.05) is 12.1 Å². The normalized spacial score (nSPS) is 10.7. The van der Waals surface area contributed by atoms with E-state index in [1.807, 2.05) is 53.7 Å². The number of para-hydroxylation sites is 1. The number of nitrogens with zero attached hydrogens (tertiary/aromatic N) is 5. The standard InChI is InChI=1S/C14H16N6/c1-19-10-16-18-14(19)12-5-3-4-6-13(12)15-9-11-7-8-17-20(11)2/h3-8,10,15H,9H2,1-2H3. The van der Waals surface area contributed by atoms with Crippen molar-refractivity contribution < 1.29 is 0 Å². The van der Waals surface area contributed by atoms with Gasteiger partial charge >= 0.3 is 0 Å². The third kappa shape index (κ3) is 2.27. The van der Waals surface area contributed by atoms with Gasteiger partial charge in [-0.2, -0.15) is 5.10 Å². The SMILES string of the molecule is Cn1cnnc1-c1ccccc1NCc1ccnn1C. The molecule has 0 radical (unpaired) electrons. The number of nitrogens with one attached hydrogen (secondary N) is 1. The first kappa shape index (κ1) is 12.4. The van der Waals surface area contributed by atoms with Crippen LogP contribution in [-0.2, 0) is 20.6 Å². The largest absolute Gasteiger partial charge is 0.379 e. The number of benzene rings is 1. The molecule has 2 aromatic heterocycles. The molecule has 1 aromatic carbocycles. The molecule has 6 nitrogen and oxygen atoms in total. The average molecular weight is 268 g/mol. The van der Waals surface area contributed by atoms with Gasteiger partial charge < -0.3 is 9.88 Å². The van der Waals surface area contributed by atoms with Gasteiger partial charge in [0.25, 0.3) is 0 Å². The Hall–Kier alpha value is -2.63. The minimum atomic E-state index is 0.714. The second-order valence-electron chi connectivity index (χ2n) is 4.61. The Bertz CT molecular complexity index is 712. The van der Waals surface area contributed by atoms with Crippen LogP contribution in [0.15, 0.2) is 42.9 Å². The Morgan fingerprint density at radius 2 is 2.00 bits per heavy atom. The van der Waals surface area contributed by atoms with Crippen LogP contribution in [0.1, 0.15) is 5.69 Å². The Morgan fingerprint density at radius 1 is 1.15 bits per heavy atom. The molecule has 0 saturated carbocycles. The van der Waals surface area contributed by atoms with Gasteiger partial charge in [0.05, 0.1) is 12.2 Å². The first-order valence-electron chi connectivity index (χ1n) is 6.40. The predicted octanol–water partition coefficient (Wildman–Crippen LogP) is 1.83. The molecule has 2 heterocycles. The lowest BCUT2D eigenvalue weighted by molar-refractivity contribution is 0.720. The zero-order valence-corrected chi connectivity index (χ0v) is 11.5. The molecule has 0 atom stereocenters. The molecule has 0 aliphatic heterocycles. The van der Waals surface area contributed by atoms with Crippen LogP contribution in [0.5, 0.6) is 0 Å². The first-order chi connectivity index (χ1) is 9.75. The van der Waals surface area contributed by atoms with Crippen LogP contribution in [0, 0.1) is 0 Å². The van der Waals surface area contributed by atoms with Gasteiger partial charge in [-0.05, 0) is 18.2 Å². The Balaban J connectivity index is 1.87. The number of hydrogen-bond donors (Lipinski definition) is 1. The van der Waals surface area contributed by atoms with Crippen LogP contribution < -0.4 is 5.32 Å². The minimum absolute atomic E-state index is 0.714. The second-order valence-corrected chi connectivity index (χ2v) is 4.61. The molecule has 0 saturated heterocycles. The summed E-state index contributed by atoms with van der Waals surface area (Å²) < 4.78 is 3.77. The summed E-state index contributed by atoms with van der Waals surface area (Å²) in [6.07, 6.45) is 3.50. The molecular formula is C14H16N6. The van der Waals surface area contributed by atoms with E-state index in [2.05, 4.69) is 20.6 Å². The summed E-state index contributed by atoms with van der Waals surface area (Å²) in [5.74, 6) is 0.845. The molecule has 0 spiro atoms. The van der Waals surface area contributed by atoms with Gasteiger partial charge in [-0.3, -0.25) is 4.68 Å². The predicted molar refractivity (Wildman–Crippen MR) is 77.0 cm³/mol. The highest BCUT2D eigenvalue weighted by molar-refractivity contribution is 5.73. The van der Waals surface area contributed by atoms with Crippen LogP contribution in [0.2, 0.25) is 0 Å². The molecule has 3 rings (SSSR count). The molecule has 0 amide bonds. The summed E-state index contributed by atoms with van der Waals surface area (Å²) in [6.45, 7) is 0.714. The van der Waals surface area contributed by atoms with E-state index < -0.39 is 0 Å². The second kappa shape index (κ2) is 5.16. The molecule has 0 aliphatic rings. The maximum atomic E-state index is 4.17. The lowest BCUT2D eigenvalue weighted by atomic mass is 10.1. The lowest BCUT2D eigenvalue weighted by Crippen LogP contribution is -2.06. The van der Waals surface area contributed by atoms with E-state index in [1.165, 1.54) is 0 Å². The van der Waals surface area contributed by atoms with Gasteiger partial charge in [-0.25, -0.2) is 0 Å². The Kier molecular flexibility index (Phi) is 3.20. The van der Waals surface area contributed by atoms with Crippen molar-refractivity contribution in [3.8, 4) is 11.4 Å². The van der Waals surface area contributed by atoms with Crippen molar-refractivity contribution in [2.45, 2.75) is 6.54 Å². The topological polar surface area (TPSA) is 60.6 Å². The highest BCUT2D eigenvalue weighted by atomic mass is 15.3. The summed E-state index contributed by atoms with van der Waals surface area (Å²) in [6, 6.07) is 10.1. The monoisotopic (exact) mass is 268 g/mol. The minimum Gasteiger partial charge on any atom is -0.379 e. The fourth-order valence-electron chi connectivity index (χ4n) is 2.12. The molecule has 0 bridgehead atoms. The van der Waals surface area contributed by atoms with E-state index in [0.717, 1.165) is 22.8 Å². The summed E-state index contributed by atoms with van der Waals surface area (Å²) in [5.41, 5.74) is 3.19. The van der Waals surface area contributed by atoms with Gasteiger partial charge in [0.1, 0.15) is 6.33 Å². The van der Waals surface area contributed by atoms with Gasteiger partial charge in [0.2, 0.25) is 0 Å². The molecule has 102 valence electrons. The zero-order chi connectivity index (χ0) is 13.9. The van der Waals surface area contributed by atoms with Gasteiger partial charge in [-0.15, -0.1) is 10.2 Å². The van der Waals surface area contributed by atoms with E-state index in [1.54, 1.807) is 12.5 Å². The highest BCUT2D eigenvalue weighted by Gasteiger charge is 2.09. The van der Waals surface area contributed by atoms with Crippen LogP contribution in [0.3, 0.4) is 0 Å². The van der Waals surface area contributed by atoms with E-state index in [0.29, 0.717) is 6.54 Å². The van der Waals surface area contributed by atoms with Crippen molar-refractivity contribution in [1.82, 2.24) is 24.5 Å². The summed E-state index contributed by atoms with van der Waals surface area (Å²) in [4.78, 5) is 0. The fourth-order valence-corrected chi connectivity index (χ4v) is 2.12. The molecule has 3 aromatic rings. The van der Waals surface area contributed by atoms with E-state index in [4.69, 9.17) is 0 Å². The van der Waals surface area contributed by atoms with Crippen LogP contribution in [0.4, 0.5) is 5.69 Å². The molecule has 0 unspecified atom stereocenters. The number of anilines is 1. The van der Waals surface area contributed by atoms with Crippen LogP contribution in [-0.4, -0.2) is 24.5 Å². The molecule has 20 heavy (non-hydrogen) atoms. The van der Waals surface area contributed by atoms with Crippen LogP contribution in [0.25, 0.3) is 11.4 Å². The van der Waals surface area contributed by atoms with E-state index in [-0.39, 0.29) is 0 Å². The number of aryl methyl sites for hydroxylation is 2. The van der Waals surface area contributed by atoms with Crippen molar-refractivity contribution in [2.75, 3.05) is 5.32 Å². The van der Waals surface area contributed by atoms with Gasteiger partial charge in [0, 0.05) is 31.5 Å². The van der Waals surface area contributed by atoms with Crippen molar-refractivity contribution in [3.05, 3.63) is 48.5 Å². The highest BCUT2D eigenvalue weighted by Crippen LogP contribution is 2.25. The molecule has 0 fully saturated rings. The molecular weight excluding hydrogens is 252 g/mol. The number of rotatable bonds is 4. The van der Waals surface area contributed by atoms with Gasteiger partial charge in [0.15, 0.2) is 5.82 Å². The third-order valence-electron chi connectivity index (χ3n) is 3.26. The molecule has 6 heteroatoms. The summed E-state index contributed by atoms with van der Waals surface area (Å²) in [7, 11) is 3.87. The Morgan fingerprint density at radius 3 is 2.70 bits per heavy atom. The quantitative estimate of drug-likeness (QED) is 0.784. The third-order valence-corrected chi connectivity index (χ3v) is 3.26. The van der Waals surface area contributed by atoms with E-state index in [9.17, 15) is 0 Å². The zero-order valence-electron chi connectivity index (χ0n) is 11.5.